The number of nitrogens with one attached hydrogen (secondary N) is 1. The summed E-state index contributed by atoms with van der Waals surface area (Å²) in [5, 5.41) is 3.50. The van der Waals surface area contributed by atoms with Crippen LogP contribution in [-0.2, 0) is 13.1 Å². The number of rotatable bonds is 5. The molecule has 1 saturated heterocycles. The second-order valence-electron chi connectivity index (χ2n) is 7.84. The number of nitrogens with zero attached hydrogens (tertiary/aromatic N) is 4. The maximum absolute atomic E-state index is 4.95. The van der Waals surface area contributed by atoms with Crippen molar-refractivity contribution in [3.05, 3.63) is 54.1 Å². The van der Waals surface area contributed by atoms with Crippen LogP contribution in [0.5, 0.6) is 0 Å². The fourth-order valence-electron chi connectivity index (χ4n) is 4.57. The summed E-state index contributed by atoms with van der Waals surface area (Å²) in [7, 11) is 0. The van der Waals surface area contributed by atoms with Crippen molar-refractivity contribution in [2.75, 3.05) is 19.6 Å². The highest BCUT2D eigenvalue weighted by atomic mass is 127. The minimum absolute atomic E-state index is 0. The van der Waals surface area contributed by atoms with E-state index in [9.17, 15) is 0 Å². The molecule has 0 amide bonds. The zero-order chi connectivity index (χ0) is 18.5. The van der Waals surface area contributed by atoms with Gasteiger partial charge in [-0.1, -0.05) is 43.2 Å². The number of hydrogen-bond acceptors (Lipinski definition) is 2. The number of aromatic nitrogens is 2. The summed E-state index contributed by atoms with van der Waals surface area (Å²) in [5.74, 6) is 3.80. The molecule has 1 aromatic heterocycles. The number of halogens is 1. The molecule has 0 bridgehead atoms. The molecule has 5 nitrogen and oxygen atoms in total. The number of guanidine groups is 1. The van der Waals surface area contributed by atoms with E-state index in [2.05, 4.69) is 63.2 Å². The fraction of sp³-hybridized carbons (Fsp3) is 0.545. The van der Waals surface area contributed by atoms with Gasteiger partial charge in [0.2, 0.25) is 0 Å². The van der Waals surface area contributed by atoms with E-state index in [1.165, 1.54) is 31.2 Å². The molecule has 2 fully saturated rings. The summed E-state index contributed by atoms with van der Waals surface area (Å²) < 4.78 is 2.20. The molecular weight excluding hydrogens is 461 g/mol. The molecule has 0 radical (unpaired) electrons. The Hall–Kier alpha value is -1.57. The minimum Gasteiger partial charge on any atom is -0.357 e. The lowest BCUT2D eigenvalue weighted by molar-refractivity contribution is 0.299. The molecule has 0 spiro atoms. The van der Waals surface area contributed by atoms with E-state index < -0.39 is 0 Å². The van der Waals surface area contributed by atoms with E-state index in [4.69, 9.17) is 4.99 Å². The van der Waals surface area contributed by atoms with Gasteiger partial charge in [-0.3, -0.25) is 0 Å². The second kappa shape index (κ2) is 10.3. The summed E-state index contributed by atoms with van der Waals surface area (Å²) in [5.41, 5.74) is 1.29. The standard InChI is InChI=1S/C22H31N5.HI/c1-2-23-22(27-16-19-10-6-7-11-20(19)17-27)25-14-21-24-12-13-26(21)15-18-8-4-3-5-9-18;/h3-5,8-9,12-13,19-20H,2,6-7,10-11,14-17H2,1H3,(H,23,25);1H. The van der Waals surface area contributed by atoms with E-state index in [1.54, 1.807) is 0 Å². The van der Waals surface area contributed by atoms with Gasteiger partial charge in [-0.15, -0.1) is 24.0 Å². The SMILES string of the molecule is CCNC(=NCc1nccn1Cc1ccccc1)N1CC2CCCCC2C1.I. The van der Waals surface area contributed by atoms with Crippen molar-refractivity contribution in [3.63, 3.8) is 0 Å². The van der Waals surface area contributed by atoms with Gasteiger partial charge in [-0.05, 0) is 37.2 Å². The van der Waals surface area contributed by atoms with Crippen molar-refractivity contribution in [1.82, 2.24) is 19.8 Å². The quantitative estimate of drug-likeness (QED) is 0.387. The molecular formula is C22H32IN5. The van der Waals surface area contributed by atoms with Gasteiger partial charge in [0.05, 0.1) is 0 Å². The molecule has 2 aliphatic rings. The monoisotopic (exact) mass is 493 g/mol. The first-order chi connectivity index (χ1) is 13.3. The van der Waals surface area contributed by atoms with E-state index in [0.29, 0.717) is 6.54 Å². The molecule has 2 unspecified atom stereocenters. The maximum atomic E-state index is 4.95. The highest BCUT2D eigenvalue weighted by molar-refractivity contribution is 14.0. The molecule has 1 aromatic carbocycles. The molecule has 2 heterocycles. The molecule has 1 aliphatic heterocycles. The number of fused-ring (bicyclic) bond motifs is 1. The average molecular weight is 493 g/mol. The van der Waals surface area contributed by atoms with Crippen molar-refractivity contribution in [3.8, 4) is 0 Å². The lowest BCUT2D eigenvalue weighted by atomic mass is 9.82. The maximum Gasteiger partial charge on any atom is 0.194 e. The predicted octanol–water partition coefficient (Wildman–Crippen LogP) is 4.14. The molecule has 1 aliphatic carbocycles. The minimum atomic E-state index is 0. The zero-order valence-corrected chi connectivity index (χ0v) is 19.1. The third-order valence-corrected chi connectivity index (χ3v) is 5.98. The van der Waals surface area contributed by atoms with E-state index >= 15 is 0 Å². The smallest absolute Gasteiger partial charge is 0.194 e. The number of benzene rings is 1. The zero-order valence-electron chi connectivity index (χ0n) is 16.8. The van der Waals surface area contributed by atoms with Crippen LogP contribution in [0.15, 0.2) is 47.7 Å². The normalized spacial score (nSPS) is 21.9. The van der Waals surface area contributed by atoms with Crippen LogP contribution in [0.3, 0.4) is 0 Å². The average Bonchev–Trinajstić information content (AvgIpc) is 3.32. The topological polar surface area (TPSA) is 45.5 Å². The molecule has 6 heteroatoms. The molecule has 1 saturated carbocycles. The van der Waals surface area contributed by atoms with Crippen molar-refractivity contribution in [2.45, 2.75) is 45.7 Å². The number of imidazole rings is 1. The van der Waals surface area contributed by atoms with Gasteiger partial charge in [0.25, 0.3) is 0 Å². The van der Waals surface area contributed by atoms with Crippen LogP contribution in [0.25, 0.3) is 0 Å². The Morgan fingerprint density at radius 2 is 1.86 bits per heavy atom. The summed E-state index contributed by atoms with van der Waals surface area (Å²) >= 11 is 0. The van der Waals surface area contributed by atoms with E-state index in [0.717, 1.165) is 49.8 Å². The van der Waals surface area contributed by atoms with Gasteiger partial charge < -0.3 is 14.8 Å². The highest BCUT2D eigenvalue weighted by Gasteiger charge is 2.35. The van der Waals surface area contributed by atoms with E-state index in [-0.39, 0.29) is 24.0 Å². The first-order valence-corrected chi connectivity index (χ1v) is 10.4. The number of hydrogen-bond donors (Lipinski definition) is 1. The Kier molecular flexibility index (Phi) is 7.76. The third kappa shape index (κ3) is 5.07. The van der Waals surface area contributed by atoms with Crippen LogP contribution >= 0.6 is 24.0 Å². The van der Waals surface area contributed by atoms with Crippen LogP contribution in [-0.4, -0.2) is 40.0 Å². The molecule has 152 valence electrons. The van der Waals surface area contributed by atoms with Crippen LogP contribution in [0.2, 0.25) is 0 Å². The summed E-state index contributed by atoms with van der Waals surface area (Å²) in [6.07, 6.45) is 9.52. The number of aliphatic imine (C=N–C) groups is 1. The summed E-state index contributed by atoms with van der Waals surface area (Å²) in [6, 6.07) is 10.5. The van der Waals surface area contributed by atoms with Gasteiger partial charge in [0.1, 0.15) is 12.4 Å². The molecule has 2 atom stereocenters. The second-order valence-corrected chi connectivity index (χ2v) is 7.84. The van der Waals surface area contributed by atoms with Gasteiger partial charge in [-0.25, -0.2) is 9.98 Å². The first kappa shape index (κ1) is 21.1. The molecule has 28 heavy (non-hydrogen) atoms. The lowest BCUT2D eigenvalue weighted by Crippen LogP contribution is -2.40. The third-order valence-electron chi connectivity index (χ3n) is 5.98. The van der Waals surface area contributed by atoms with Crippen molar-refractivity contribution in [1.29, 1.82) is 0 Å². The van der Waals surface area contributed by atoms with Crippen LogP contribution in [0, 0.1) is 11.8 Å². The predicted molar refractivity (Wildman–Crippen MR) is 125 cm³/mol. The Balaban J connectivity index is 0.00000225. The summed E-state index contributed by atoms with van der Waals surface area (Å²) in [6.45, 7) is 6.84. The van der Waals surface area contributed by atoms with Crippen LogP contribution in [0.4, 0.5) is 0 Å². The van der Waals surface area contributed by atoms with Gasteiger partial charge in [0, 0.05) is 38.6 Å². The molecule has 1 N–H and O–H groups in total. The van der Waals surface area contributed by atoms with Crippen molar-refractivity contribution in [2.24, 2.45) is 16.8 Å². The van der Waals surface area contributed by atoms with Crippen LogP contribution < -0.4 is 5.32 Å². The number of likely N-dealkylation sites (tertiary alicyclic amines) is 1. The lowest BCUT2D eigenvalue weighted by Gasteiger charge is -2.22. The molecule has 2 aromatic rings. The van der Waals surface area contributed by atoms with E-state index in [1.807, 2.05) is 6.20 Å². The Bertz CT molecular complexity index is 743. The fourth-order valence-corrected chi connectivity index (χ4v) is 4.57. The van der Waals surface area contributed by atoms with Crippen molar-refractivity contribution >= 4 is 29.9 Å². The largest absolute Gasteiger partial charge is 0.357 e. The molecule has 4 rings (SSSR count). The van der Waals surface area contributed by atoms with Crippen LogP contribution in [0.1, 0.15) is 44.0 Å². The Labute approximate surface area is 185 Å². The van der Waals surface area contributed by atoms with Crippen molar-refractivity contribution < 1.29 is 0 Å². The van der Waals surface area contributed by atoms with Gasteiger partial charge in [-0.2, -0.15) is 0 Å². The van der Waals surface area contributed by atoms with Gasteiger partial charge >= 0.3 is 0 Å². The Morgan fingerprint density at radius 1 is 1.14 bits per heavy atom. The Morgan fingerprint density at radius 3 is 2.54 bits per heavy atom. The van der Waals surface area contributed by atoms with Gasteiger partial charge in [0.15, 0.2) is 5.96 Å². The summed E-state index contributed by atoms with van der Waals surface area (Å²) in [4.78, 5) is 12.0. The first-order valence-electron chi connectivity index (χ1n) is 10.4. The highest BCUT2D eigenvalue weighted by Crippen LogP contribution is 2.35.